The molecular formula is C30H46N6O12. The molecule has 6 amide bonds. The fraction of sp³-hybridized carbons (Fsp3) is 0.700. The van der Waals surface area contributed by atoms with Gasteiger partial charge in [0.25, 0.3) is 0 Å². The molecule has 0 aromatic heterocycles. The summed E-state index contributed by atoms with van der Waals surface area (Å²) in [6.07, 6.45) is -0.133. The van der Waals surface area contributed by atoms with Crippen molar-refractivity contribution in [2.24, 2.45) is 11.8 Å². The van der Waals surface area contributed by atoms with E-state index >= 15 is 0 Å². The van der Waals surface area contributed by atoms with Crippen LogP contribution in [0.4, 0.5) is 0 Å². The minimum atomic E-state index is -1.77. The maximum atomic E-state index is 13.7. The lowest BCUT2D eigenvalue weighted by molar-refractivity contribution is -0.146. The second kappa shape index (κ2) is 16.9. The minimum absolute atomic E-state index is 0.194. The van der Waals surface area contributed by atoms with Crippen molar-refractivity contribution in [3.05, 3.63) is 0 Å². The Morgan fingerprint density at radius 1 is 0.771 bits per heavy atom. The Morgan fingerprint density at radius 3 is 1.75 bits per heavy atom. The van der Waals surface area contributed by atoms with Crippen LogP contribution in [0.25, 0.3) is 0 Å². The summed E-state index contributed by atoms with van der Waals surface area (Å²) in [5, 5.41) is 39.9. The summed E-state index contributed by atoms with van der Waals surface area (Å²) in [5.74, 6) is -10.1. The Balaban J connectivity index is 2.24. The average molecular weight is 683 g/mol. The molecule has 18 heteroatoms. The Bertz CT molecular complexity index is 1280. The van der Waals surface area contributed by atoms with Gasteiger partial charge < -0.3 is 46.8 Å². The van der Waals surface area contributed by atoms with E-state index in [4.69, 9.17) is 5.11 Å². The van der Waals surface area contributed by atoms with E-state index in [0.29, 0.717) is 19.3 Å². The van der Waals surface area contributed by atoms with Gasteiger partial charge in [-0.15, -0.1) is 0 Å². The van der Waals surface area contributed by atoms with Crippen molar-refractivity contribution in [3.63, 3.8) is 0 Å². The minimum Gasteiger partial charge on any atom is -0.481 e. The number of amides is 6. The molecule has 0 aromatic carbocycles. The molecule has 0 radical (unpaired) electrons. The molecule has 0 spiro atoms. The van der Waals surface area contributed by atoms with E-state index in [2.05, 4.69) is 26.6 Å². The summed E-state index contributed by atoms with van der Waals surface area (Å²) in [6.45, 7) is 7.90. The third-order valence-electron chi connectivity index (χ3n) is 8.47. The topological polar surface area (TPSA) is 278 Å². The molecule has 0 unspecified atom stereocenters. The predicted octanol–water partition coefficient (Wildman–Crippen LogP) is -1.68. The number of carbonyl (C=O) groups excluding carboxylic acids is 6. The SMILES string of the molecule is CC[C@H](C)[C@H](NC(=O)[C@H](CC(=O)O)NC(=O)[C@H](CC(=O)O)NC(C)=O)C(=O)N[C@H](C(=O)N1CCC[C@H]1C(=O)NC1(C(=O)O)CC1)C(C)C. The molecule has 1 saturated heterocycles. The second-order valence-electron chi connectivity index (χ2n) is 12.7. The largest absolute Gasteiger partial charge is 0.481 e. The van der Waals surface area contributed by atoms with Gasteiger partial charge in [0.2, 0.25) is 35.4 Å². The number of nitrogens with one attached hydrogen (secondary N) is 5. The highest BCUT2D eigenvalue weighted by Crippen LogP contribution is 2.36. The first-order valence-electron chi connectivity index (χ1n) is 15.8. The number of rotatable bonds is 18. The highest BCUT2D eigenvalue weighted by Gasteiger charge is 2.53. The molecular weight excluding hydrogens is 636 g/mol. The summed E-state index contributed by atoms with van der Waals surface area (Å²) >= 11 is 0. The van der Waals surface area contributed by atoms with Crippen LogP contribution in [0.3, 0.4) is 0 Å². The zero-order valence-corrected chi connectivity index (χ0v) is 27.7. The van der Waals surface area contributed by atoms with Crippen molar-refractivity contribution in [3.8, 4) is 0 Å². The Kier molecular flexibility index (Phi) is 13.9. The summed E-state index contributed by atoms with van der Waals surface area (Å²) < 4.78 is 0. The van der Waals surface area contributed by atoms with Gasteiger partial charge in [-0.3, -0.25) is 38.4 Å². The van der Waals surface area contributed by atoms with E-state index in [1.807, 2.05) is 0 Å². The molecule has 1 aliphatic heterocycles. The molecule has 48 heavy (non-hydrogen) atoms. The number of nitrogens with zero attached hydrogens (tertiary/aromatic N) is 1. The van der Waals surface area contributed by atoms with Crippen LogP contribution in [0.5, 0.6) is 0 Å². The lowest BCUT2D eigenvalue weighted by Crippen LogP contribution is -2.61. The lowest BCUT2D eigenvalue weighted by atomic mass is 9.95. The molecule has 1 saturated carbocycles. The highest BCUT2D eigenvalue weighted by atomic mass is 16.4. The molecule has 2 fully saturated rings. The van der Waals surface area contributed by atoms with Gasteiger partial charge in [-0.25, -0.2) is 4.79 Å². The fourth-order valence-electron chi connectivity index (χ4n) is 5.32. The first kappa shape index (κ1) is 39.4. The second-order valence-corrected chi connectivity index (χ2v) is 12.7. The van der Waals surface area contributed by atoms with Crippen molar-refractivity contribution in [1.29, 1.82) is 0 Å². The monoisotopic (exact) mass is 682 g/mol. The van der Waals surface area contributed by atoms with E-state index in [-0.39, 0.29) is 19.4 Å². The number of hydrogen-bond acceptors (Lipinski definition) is 9. The standard InChI is InChI=1S/C30H46N6O12/c1-6-15(4)23(34-25(43)18(13-21(40)41)32-24(42)17(12-20(38)39)31-16(5)37)27(45)33-22(14(2)3)28(46)36-11-7-8-19(36)26(44)35-30(9-10-30)29(47)48/h14-15,17-19,22-23H,6-13H2,1-5H3,(H,31,37)(H,32,42)(H,33,45)(H,34,43)(H,35,44)(H,38,39)(H,40,41)(H,47,48)/t15-,17-,18-,19-,22-,23-/m0/s1. The zero-order valence-electron chi connectivity index (χ0n) is 27.7. The zero-order chi connectivity index (χ0) is 36.5. The van der Waals surface area contributed by atoms with E-state index < -0.39 is 114 Å². The number of carboxylic acid groups (broad SMARTS) is 3. The van der Waals surface area contributed by atoms with Crippen LogP contribution in [0, 0.1) is 11.8 Å². The van der Waals surface area contributed by atoms with Gasteiger partial charge in [0.15, 0.2) is 0 Å². The van der Waals surface area contributed by atoms with Crippen molar-refractivity contribution in [2.45, 2.75) is 115 Å². The van der Waals surface area contributed by atoms with E-state index in [1.165, 1.54) is 4.90 Å². The van der Waals surface area contributed by atoms with Crippen molar-refractivity contribution < 1.29 is 58.5 Å². The molecule has 2 aliphatic rings. The van der Waals surface area contributed by atoms with Gasteiger partial charge in [-0.2, -0.15) is 0 Å². The van der Waals surface area contributed by atoms with Gasteiger partial charge in [0.05, 0.1) is 12.8 Å². The van der Waals surface area contributed by atoms with Crippen LogP contribution in [-0.2, 0) is 43.2 Å². The molecule has 0 bridgehead atoms. The van der Waals surface area contributed by atoms with E-state index in [1.54, 1.807) is 27.7 Å². The maximum Gasteiger partial charge on any atom is 0.329 e. The summed E-state index contributed by atoms with van der Waals surface area (Å²) in [7, 11) is 0. The molecule has 1 aliphatic carbocycles. The van der Waals surface area contributed by atoms with Crippen LogP contribution in [0.15, 0.2) is 0 Å². The quantitative estimate of drug-likeness (QED) is 0.0805. The van der Waals surface area contributed by atoms with Crippen LogP contribution < -0.4 is 26.6 Å². The Labute approximate surface area is 277 Å². The molecule has 0 aromatic rings. The number of aliphatic carboxylic acids is 3. The van der Waals surface area contributed by atoms with Gasteiger partial charge in [0.1, 0.15) is 35.7 Å². The van der Waals surface area contributed by atoms with E-state index in [9.17, 15) is 53.4 Å². The first-order valence-corrected chi connectivity index (χ1v) is 15.8. The Morgan fingerprint density at radius 2 is 1.29 bits per heavy atom. The van der Waals surface area contributed by atoms with Gasteiger partial charge in [0, 0.05) is 13.5 Å². The van der Waals surface area contributed by atoms with Gasteiger partial charge >= 0.3 is 17.9 Å². The Hall–Kier alpha value is -4.77. The number of carbonyl (C=O) groups is 9. The number of likely N-dealkylation sites (tertiary alicyclic amines) is 1. The third-order valence-corrected chi connectivity index (χ3v) is 8.47. The number of carboxylic acids is 3. The fourth-order valence-corrected chi connectivity index (χ4v) is 5.32. The molecule has 2 rings (SSSR count). The normalized spacial score (nSPS) is 19.5. The summed E-state index contributed by atoms with van der Waals surface area (Å²) in [4.78, 5) is 114. The lowest BCUT2D eigenvalue weighted by Gasteiger charge is -2.33. The molecule has 268 valence electrons. The summed E-state index contributed by atoms with van der Waals surface area (Å²) in [6, 6.07) is -6.82. The molecule has 6 atom stereocenters. The van der Waals surface area contributed by atoms with Crippen LogP contribution >= 0.6 is 0 Å². The predicted molar refractivity (Wildman–Crippen MR) is 165 cm³/mol. The van der Waals surface area contributed by atoms with Crippen LogP contribution in [-0.4, -0.2) is 116 Å². The smallest absolute Gasteiger partial charge is 0.329 e. The van der Waals surface area contributed by atoms with Gasteiger partial charge in [-0.05, 0) is 37.5 Å². The highest BCUT2D eigenvalue weighted by molar-refractivity contribution is 5.99. The van der Waals surface area contributed by atoms with Crippen LogP contribution in [0.2, 0.25) is 0 Å². The van der Waals surface area contributed by atoms with Crippen molar-refractivity contribution >= 4 is 53.4 Å². The molecule has 1 heterocycles. The average Bonchev–Trinajstić information content (AvgIpc) is 3.60. The maximum absolute atomic E-state index is 13.7. The molecule has 8 N–H and O–H groups in total. The van der Waals surface area contributed by atoms with Crippen molar-refractivity contribution in [1.82, 2.24) is 31.5 Å². The van der Waals surface area contributed by atoms with Crippen LogP contribution in [0.1, 0.15) is 79.6 Å². The summed E-state index contributed by atoms with van der Waals surface area (Å²) in [5.41, 5.74) is -1.35. The first-order chi connectivity index (χ1) is 22.3. The van der Waals surface area contributed by atoms with Gasteiger partial charge in [-0.1, -0.05) is 34.1 Å². The third kappa shape index (κ3) is 10.6. The molecule has 18 nitrogen and oxygen atoms in total. The number of hydrogen-bond donors (Lipinski definition) is 8. The van der Waals surface area contributed by atoms with Crippen molar-refractivity contribution in [2.75, 3.05) is 6.54 Å². The van der Waals surface area contributed by atoms with E-state index in [0.717, 1.165) is 6.92 Å².